The first-order valence-electron chi connectivity index (χ1n) is 7.44. The molecule has 0 bridgehead atoms. The van der Waals surface area contributed by atoms with Crippen molar-refractivity contribution in [1.29, 1.82) is 5.26 Å². The Kier molecular flexibility index (Phi) is 4.31. The normalized spacial score (nSPS) is 11.4. The van der Waals surface area contributed by atoms with Crippen LogP contribution in [0.4, 0.5) is 0 Å². The molecular weight excluding hydrogens is 282 g/mol. The summed E-state index contributed by atoms with van der Waals surface area (Å²) in [5.41, 5.74) is 2.84. The molecule has 0 N–H and O–H groups in total. The quantitative estimate of drug-likeness (QED) is 0.662. The molecule has 3 rings (SSSR count). The number of ketones is 1. The highest BCUT2D eigenvalue weighted by Crippen LogP contribution is 2.28. The van der Waals surface area contributed by atoms with E-state index in [9.17, 15) is 10.1 Å². The molecule has 0 heterocycles. The number of nitrogens with zero attached hydrogens (tertiary/aromatic N) is 1. The number of hydrogen-bond donors (Lipinski definition) is 0. The van der Waals surface area contributed by atoms with Gasteiger partial charge in [-0.1, -0.05) is 84.9 Å². The fourth-order valence-electron chi connectivity index (χ4n) is 2.67. The third-order valence-electron chi connectivity index (χ3n) is 3.81. The van der Waals surface area contributed by atoms with E-state index in [0.717, 1.165) is 11.1 Å². The first-order chi connectivity index (χ1) is 11.3. The van der Waals surface area contributed by atoms with E-state index in [4.69, 9.17) is 0 Å². The molecule has 23 heavy (non-hydrogen) atoms. The molecule has 0 aliphatic heterocycles. The maximum Gasteiger partial charge on any atom is 0.193 e. The van der Waals surface area contributed by atoms with Gasteiger partial charge in [-0.15, -0.1) is 0 Å². The van der Waals surface area contributed by atoms with E-state index in [2.05, 4.69) is 6.07 Å². The summed E-state index contributed by atoms with van der Waals surface area (Å²) in [5.74, 6) is -0.516. The lowest BCUT2D eigenvalue weighted by Crippen LogP contribution is -2.09. The third-order valence-corrected chi connectivity index (χ3v) is 3.81. The highest BCUT2D eigenvalue weighted by Gasteiger charge is 2.20. The van der Waals surface area contributed by atoms with Crippen LogP contribution in [-0.4, -0.2) is 5.78 Å². The van der Waals surface area contributed by atoms with E-state index in [1.165, 1.54) is 0 Å². The van der Waals surface area contributed by atoms with Crippen molar-refractivity contribution in [2.45, 2.75) is 5.92 Å². The Morgan fingerprint density at radius 2 is 1.35 bits per heavy atom. The second kappa shape index (κ2) is 6.72. The summed E-state index contributed by atoms with van der Waals surface area (Å²) in [7, 11) is 0. The summed E-state index contributed by atoms with van der Waals surface area (Å²) in [5, 5.41) is 9.65. The lowest BCUT2D eigenvalue weighted by atomic mass is 9.86. The molecule has 1 unspecified atom stereocenters. The Labute approximate surface area is 135 Å². The van der Waals surface area contributed by atoms with Crippen LogP contribution in [0.5, 0.6) is 0 Å². The second-order valence-electron chi connectivity index (χ2n) is 5.26. The van der Waals surface area contributed by atoms with Gasteiger partial charge in [0, 0.05) is 11.1 Å². The SMILES string of the molecule is N#CC(c1ccccc1)c1ccccc1C(=O)c1ccccc1. The maximum atomic E-state index is 12.8. The first kappa shape index (κ1) is 14.7. The summed E-state index contributed by atoms with van der Waals surface area (Å²) < 4.78 is 0. The number of nitriles is 1. The molecule has 110 valence electrons. The fraction of sp³-hybridized carbons (Fsp3) is 0.0476. The Morgan fingerprint density at radius 3 is 2.00 bits per heavy atom. The maximum absolute atomic E-state index is 12.8. The number of benzene rings is 3. The highest BCUT2D eigenvalue weighted by molar-refractivity contribution is 6.10. The Morgan fingerprint density at radius 1 is 0.783 bits per heavy atom. The van der Waals surface area contributed by atoms with Gasteiger partial charge in [-0.2, -0.15) is 5.26 Å². The number of hydrogen-bond acceptors (Lipinski definition) is 2. The smallest absolute Gasteiger partial charge is 0.193 e. The zero-order valence-electron chi connectivity index (χ0n) is 12.5. The summed E-state index contributed by atoms with van der Waals surface area (Å²) in [6.45, 7) is 0. The van der Waals surface area contributed by atoms with Crippen LogP contribution in [0.15, 0.2) is 84.9 Å². The predicted octanol–water partition coefficient (Wildman–Crippen LogP) is 4.57. The molecule has 0 aliphatic carbocycles. The van der Waals surface area contributed by atoms with Crippen molar-refractivity contribution < 1.29 is 4.79 Å². The Hall–Kier alpha value is -3.18. The molecular formula is C21H15NO. The van der Waals surface area contributed by atoms with Gasteiger partial charge >= 0.3 is 0 Å². The molecule has 0 saturated heterocycles. The van der Waals surface area contributed by atoms with E-state index in [-0.39, 0.29) is 5.78 Å². The molecule has 0 amide bonds. The molecule has 2 heteroatoms. The molecule has 3 aromatic carbocycles. The van der Waals surface area contributed by atoms with Crippen LogP contribution >= 0.6 is 0 Å². The van der Waals surface area contributed by atoms with Gasteiger partial charge < -0.3 is 0 Å². The van der Waals surface area contributed by atoms with Crippen LogP contribution in [0.25, 0.3) is 0 Å². The number of rotatable bonds is 4. The topological polar surface area (TPSA) is 40.9 Å². The second-order valence-corrected chi connectivity index (χ2v) is 5.26. The van der Waals surface area contributed by atoms with Gasteiger partial charge in [-0.25, -0.2) is 0 Å². The van der Waals surface area contributed by atoms with Crippen LogP contribution in [0.3, 0.4) is 0 Å². The van der Waals surface area contributed by atoms with Gasteiger partial charge in [0.15, 0.2) is 5.78 Å². The monoisotopic (exact) mass is 297 g/mol. The minimum atomic E-state index is -0.458. The van der Waals surface area contributed by atoms with Gasteiger partial charge in [0.25, 0.3) is 0 Å². The van der Waals surface area contributed by atoms with Crippen molar-refractivity contribution in [3.05, 3.63) is 107 Å². The highest BCUT2D eigenvalue weighted by atomic mass is 16.1. The Balaban J connectivity index is 2.08. The van der Waals surface area contributed by atoms with E-state index in [1.807, 2.05) is 66.7 Å². The van der Waals surface area contributed by atoms with Crippen molar-refractivity contribution >= 4 is 5.78 Å². The summed E-state index contributed by atoms with van der Waals surface area (Å²) in [6, 6.07) is 28.4. The predicted molar refractivity (Wildman–Crippen MR) is 90.2 cm³/mol. The van der Waals surface area contributed by atoms with Crippen LogP contribution in [0.2, 0.25) is 0 Å². The molecule has 0 saturated carbocycles. The summed E-state index contributed by atoms with van der Waals surface area (Å²) >= 11 is 0. The lowest BCUT2D eigenvalue weighted by molar-refractivity contribution is 0.103. The molecule has 0 aromatic heterocycles. The third kappa shape index (κ3) is 3.04. The number of carbonyl (C=O) groups excluding carboxylic acids is 1. The van der Waals surface area contributed by atoms with Gasteiger partial charge in [-0.05, 0) is 11.1 Å². The van der Waals surface area contributed by atoms with Crippen molar-refractivity contribution in [3.8, 4) is 6.07 Å². The standard InChI is InChI=1S/C21H15NO/c22-15-20(16-9-3-1-4-10-16)18-13-7-8-14-19(18)21(23)17-11-5-2-6-12-17/h1-14,20H. The minimum absolute atomic E-state index is 0.0580. The van der Waals surface area contributed by atoms with Crippen LogP contribution in [0, 0.1) is 11.3 Å². The zero-order valence-corrected chi connectivity index (χ0v) is 12.5. The average molecular weight is 297 g/mol. The average Bonchev–Trinajstić information content (AvgIpc) is 2.64. The molecule has 0 radical (unpaired) electrons. The fourth-order valence-corrected chi connectivity index (χ4v) is 2.67. The summed E-state index contributed by atoms with van der Waals surface area (Å²) in [6.07, 6.45) is 0. The van der Waals surface area contributed by atoms with Crippen molar-refractivity contribution in [3.63, 3.8) is 0 Å². The van der Waals surface area contributed by atoms with Gasteiger partial charge in [-0.3, -0.25) is 4.79 Å². The molecule has 1 atom stereocenters. The molecule has 0 aliphatic rings. The molecule has 3 aromatic rings. The molecule has 0 spiro atoms. The van der Waals surface area contributed by atoms with E-state index in [1.54, 1.807) is 18.2 Å². The lowest BCUT2D eigenvalue weighted by Gasteiger charge is -2.14. The van der Waals surface area contributed by atoms with E-state index >= 15 is 0 Å². The number of carbonyl (C=O) groups is 1. The van der Waals surface area contributed by atoms with Crippen molar-refractivity contribution in [2.75, 3.05) is 0 Å². The van der Waals surface area contributed by atoms with Gasteiger partial charge in [0.2, 0.25) is 0 Å². The first-order valence-corrected chi connectivity index (χ1v) is 7.44. The van der Waals surface area contributed by atoms with E-state index in [0.29, 0.717) is 11.1 Å². The molecule has 0 fully saturated rings. The minimum Gasteiger partial charge on any atom is -0.289 e. The van der Waals surface area contributed by atoms with Crippen LogP contribution in [0.1, 0.15) is 33.0 Å². The van der Waals surface area contributed by atoms with Crippen molar-refractivity contribution in [2.24, 2.45) is 0 Å². The van der Waals surface area contributed by atoms with Crippen LogP contribution < -0.4 is 0 Å². The van der Waals surface area contributed by atoms with Crippen LogP contribution in [-0.2, 0) is 0 Å². The Bertz CT molecular complexity index is 848. The largest absolute Gasteiger partial charge is 0.289 e. The van der Waals surface area contributed by atoms with Gasteiger partial charge in [0.05, 0.1) is 12.0 Å². The van der Waals surface area contributed by atoms with E-state index < -0.39 is 5.92 Å². The van der Waals surface area contributed by atoms with Gasteiger partial charge in [0.1, 0.15) is 0 Å². The zero-order chi connectivity index (χ0) is 16.1. The van der Waals surface area contributed by atoms with Crippen molar-refractivity contribution in [1.82, 2.24) is 0 Å². The summed E-state index contributed by atoms with van der Waals surface area (Å²) in [4.78, 5) is 12.8. The molecule has 2 nitrogen and oxygen atoms in total.